The van der Waals surface area contributed by atoms with E-state index in [0.29, 0.717) is 0 Å². The van der Waals surface area contributed by atoms with Gasteiger partial charge in [0.05, 0.1) is 0 Å². The monoisotopic (exact) mass is 220 g/mol. The first kappa shape index (κ1) is 10.1. The molecule has 1 atom stereocenters. The quantitative estimate of drug-likeness (QED) is 0.713. The highest BCUT2D eigenvalue weighted by atomic mass is 19.1. The molecule has 1 aromatic carbocycles. The van der Waals surface area contributed by atoms with Gasteiger partial charge in [0.15, 0.2) is 0 Å². The number of anilines is 1. The molecule has 3 rings (SSSR count). The van der Waals surface area contributed by atoms with Gasteiger partial charge in [0.25, 0.3) is 0 Å². The molecule has 1 aliphatic carbocycles. The Morgan fingerprint density at radius 3 is 2.81 bits per heavy atom. The summed E-state index contributed by atoms with van der Waals surface area (Å²) in [5.41, 5.74) is 9.93. The van der Waals surface area contributed by atoms with Gasteiger partial charge in [-0.05, 0) is 61.4 Å². The van der Waals surface area contributed by atoms with Crippen molar-refractivity contribution in [1.29, 1.82) is 0 Å². The molecule has 0 aromatic heterocycles. The van der Waals surface area contributed by atoms with Gasteiger partial charge in [0.1, 0.15) is 5.82 Å². The van der Waals surface area contributed by atoms with Crippen LogP contribution in [-0.4, -0.2) is 6.54 Å². The average molecular weight is 220 g/mol. The van der Waals surface area contributed by atoms with Crippen LogP contribution in [0.2, 0.25) is 0 Å². The van der Waals surface area contributed by atoms with E-state index in [4.69, 9.17) is 5.73 Å². The normalized spacial score (nSPS) is 23.7. The second-order valence-corrected chi connectivity index (χ2v) is 4.82. The van der Waals surface area contributed by atoms with Crippen molar-refractivity contribution in [3.8, 4) is 0 Å². The Kier molecular flexibility index (Phi) is 2.36. The van der Waals surface area contributed by atoms with Crippen LogP contribution in [0, 0.1) is 5.82 Å². The summed E-state index contributed by atoms with van der Waals surface area (Å²) >= 11 is 0. The molecule has 1 aromatic rings. The summed E-state index contributed by atoms with van der Waals surface area (Å²) < 4.78 is 13.9. The van der Waals surface area contributed by atoms with E-state index in [-0.39, 0.29) is 11.9 Å². The predicted molar refractivity (Wildman–Crippen MR) is 62.8 cm³/mol. The van der Waals surface area contributed by atoms with Gasteiger partial charge in [-0.3, -0.25) is 0 Å². The van der Waals surface area contributed by atoms with Crippen LogP contribution in [0.25, 0.3) is 0 Å². The molecular formula is C13H17FN2. The lowest BCUT2D eigenvalue weighted by Gasteiger charge is -2.17. The van der Waals surface area contributed by atoms with Gasteiger partial charge in [-0.1, -0.05) is 0 Å². The highest BCUT2D eigenvalue weighted by Gasteiger charge is 2.25. The van der Waals surface area contributed by atoms with Crippen LogP contribution < -0.4 is 11.1 Å². The Labute approximate surface area is 95.0 Å². The Balaban J connectivity index is 2.08. The van der Waals surface area contributed by atoms with E-state index in [2.05, 4.69) is 5.32 Å². The third-order valence-corrected chi connectivity index (χ3v) is 3.86. The Morgan fingerprint density at radius 1 is 1.25 bits per heavy atom. The van der Waals surface area contributed by atoms with Crippen LogP contribution in [0.5, 0.6) is 0 Å². The second-order valence-electron chi connectivity index (χ2n) is 4.82. The maximum atomic E-state index is 13.9. The molecule has 0 saturated carbocycles. The molecule has 3 heteroatoms. The number of halogens is 1. The molecule has 1 heterocycles. The highest BCUT2D eigenvalue weighted by Crippen LogP contribution is 2.36. The fourth-order valence-electron chi connectivity index (χ4n) is 3.02. The molecule has 2 aliphatic rings. The number of nitrogen functional groups attached to an aromatic ring is 1. The molecule has 0 unspecified atom stereocenters. The summed E-state index contributed by atoms with van der Waals surface area (Å²) in [6.07, 6.45) is 5.06. The topological polar surface area (TPSA) is 38.0 Å². The zero-order chi connectivity index (χ0) is 11.1. The molecule has 0 radical (unpaired) electrons. The number of hydrogen-bond donors (Lipinski definition) is 2. The van der Waals surface area contributed by atoms with E-state index in [1.54, 1.807) is 6.07 Å². The Bertz CT molecular complexity index is 422. The molecule has 3 N–H and O–H groups in total. The summed E-state index contributed by atoms with van der Waals surface area (Å²) in [7, 11) is 0. The molecule has 1 aliphatic heterocycles. The fraction of sp³-hybridized carbons (Fsp3) is 0.538. The predicted octanol–water partition coefficient (Wildman–Crippen LogP) is 2.32. The lowest BCUT2D eigenvalue weighted by molar-refractivity contribution is 0.597. The van der Waals surface area contributed by atoms with Crippen molar-refractivity contribution in [1.82, 2.24) is 5.32 Å². The summed E-state index contributed by atoms with van der Waals surface area (Å²) in [5, 5.41) is 3.39. The first-order valence-electron chi connectivity index (χ1n) is 6.10. The zero-order valence-corrected chi connectivity index (χ0v) is 9.35. The van der Waals surface area contributed by atoms with Crippen molar-refractivity contribution in [3.05, 3.63) is 28.6 Å². The largest absolute Gasteiger partial charge is 0.398 e. The highest BCUT2D eigenvalue weighted by molar-refractivity contribution is 5.60. The summed E-state index contributed by atoms with van der Waals surface area (Å²) in [6.45, 7) is 1.02. The van der Waals surface area contributed by atoms with Crippen LogP contribution in [0.1, 0.15) is 42.0 Å². The first-order valence-corrected chi connectivity index (χ1v) is 6.10. The molecule has 0 amide bonds. The lowest BCUT2D eigenvalue weighted by Crippen LogP contribution is -2.16. The van der Waals surface area contributed by atoms with Gasteiger partial charge in [0, 0.05) is 11.7 Å². The van der Waals surface area contributed by atoms with Crippen LogP contribution in [0.15, 0.2) is 6.07 Å². The van der Waals surface area contributed by atoms with Crippen molar-refractivity contribution in [2.24, 2.45) is 0 Å². The van der Waals surface area contributed by atoms with Crippen molar-refractivity contribution in [2.45, 2.75) is 38.1 Å². The minimum absolute atomic E-state index is 0.0506. The van der Waals surface area contributed by atoms with Crippen molar-refractivity contribution in [3.63, 3.8) is 0 Å². The molecule has 0 bridgehead atoms. The molecule has 86 valence electrons. The van der Waals surface area contributed by atoms with Gasteiger partial charge in [-0.25, -0.2) is 4.39 Å². The third kappa shape index (κ3) is 1.42. The van der Waals surface area contributed by atoms with E-state index in [1.165, 1.54) is 0 Å². The summed E-state index contributed by atoms with van der Waals surface area (Å²) in [6, 6.07) is 1.92. The molecule has 16 heavy (non-hydrogen) atoms. The van der Waals surface area contributed by atoms with Crippen LogP contribution in [-0.2, 0) is 12.8 Å². The van der Waals surface area contributed by atoms with E-state index >= 15 is 0 Å². The number of nitrogens with two attached hydrogens (primary N) is 1. The number of nitrogens with one attached hydrogen (secondary N) is 1. The Hall–Kier alpha value is -1.09. The molecular weight excluding hydrogens is 203 g/mol. The number of fused-ring (bicyclic) bond motifs is 1. The van der Waals surface area contributed by atoms with E-state index in [0.717, 1.165) is 61.0 Å². The SMILES string of the molecule is Nc1c([C@@H]2CCCN2)cc(F)c2c1CCC2. The minimum Gasteiger partial charge on any atom is -0.398 e. The number of benzene rings is 1. The van der Waals surface area contributed by atoms with Crippen LogP contribution in [0.4, 0.5) is 10.1 Å². The number of rotatable bonds is 1. The van der Waals surface area contributed by atoms with Crippen LogP contribution in [0.3, 0.4) is 0 Å². The van der Waals surface area contributed by atoms with Crippen LogP contribution >= 0.6 is 0 Å². The lowest BCUT2D eigenvalue weighted by atomic mass is 9.97. The molecule has 0 spiro atoms. The van der Waals surface area contributed by atoms with Crippen molar-refractivity contribution >= 4 is 5.69 Å². The average Bonchev–Trinajstić information content (AvgIpc) is 2.92. The summed E-state index contributed by atoms with van der Waals surface area (Å²) in [4.78, 5) is 0. The van der Waals surface area contributed by atoms with E-state index in [9.17, 15) is 4.39 Å². The molecule has 2 nitrogen and oxygen atoms in total. The number of hydrogen-bond acceptors (Lipinski definition) is 2. The molecule has 1 fully saturated rings. The summed E-state index contributed by atoms with van der Waals surface area (Å²) in [5.74, 6) is -0.0506. The van der Waals surface area contributed by atoms with Gasteiger partial charge in [-0.15, -0.1) is 0 Å². The maximum Gasteiger partial charge on any atom is 0.127 e. The standard InChI is InChI=1S/C13H17FN2/c14-11-7-10(12-5-2-6-16-12)13(15)9-4-1-3-8(9)11/h7,12,16H,1-6,15H2/t12-/m0/s1. The smallest absolute Gasteiger partial charge is 0.127 e. The van der Waals surface area contributed by atoms with Gasteiger partial charge in [0.2, 0.25) is 0 Å². The Morgan fingerprint density at radius 2 is 2.06 bits per heavy atom. The maximum absolute atomic E-state index is 13.9. The van der Waals surface area contributed by atoms with Gasteiger partial charge < -0.3 is 11.1 Å². The van der Waals surface area contributed by atoms with Crippen molar-refractivity contribution < 1.29 is 4.39 Å². The second kappa shape index (κ2) is 3.74. The fourth-order valence-corrected chi connectivity index (χ4v) is 3.02. The van der Waals surface area contributed by atoms with Gasteiger partial charge in [-0.2, -0.15) is 0 Å². The first-order chi connectivity index (χ1) is 7.77. The minimum atomic E-state index is -0.0506. The van der Waals surface area contributed by atoms with E-state index < -0.39 is 0 Å². The van der Waals surface area contributed by atoms with Crippen molar-refractivity contribution in [2.75, 3.05) is 12.3 Å². The zero-order valence-electron chi connectivity index (χ0n) is 9.35. The molecule has 1 saturated heterocycles. The third-order valence-electron chi connectivity index (χ3n) is 3.86. The van der Waals surface area contributed by atoms with Gasteiger partial charge >= 0.3 is 0 Å². The van der Waals surface area contributed by atoms with E-state index in [1.807, 2.05) is 0 Å².